The number of H-pyrrole nitrogens is 1. The normalized spacial score (nSPS) is 11.7. The van der Waals surface area contributed by atoms with E-state index >= 15 is 0 Å². The summed E-state index contributed by atoms with van der Waals surface area (Å²) in [6.07, 6.45) is -4.51. The lowest BCUT2D eigenvalue weighted by molar-refractivity contribution is -0.137. The fourth-order valence-electron chi connectivity index (χ4n) is 1.28. The van der Waals surface area contributed by atoms with Crippen LogP contribution in [-0.2, 0) is 6.18 Å². The van der Waals surface area contributed by atoms with Gasteiger partial charge in [-0.15, -0.1) is 0 Å². The van der Waals surface area contributed by atoms with Crippen LogP contribution in [0.3, 0.4) is 0 Å². The summed E-state index contributed by atoms with van der Waals surface area (Å²) < 4.78 is 41.9. The molecule has 2 rings (SSSR count). The van der Waals surface area contributed by atoms with Crippen molar-refractivity contribution in [3.05, 3.63) is 40.4 Å². The summed E-state index contributed by atoms with van der Waals surface area (Å²) in [5.41, 5.74) is -1.10. The second-order valence-corrected chi connectivity index (χ2v) is 2.99. The molecule has 0 aliphatic carbocycles. The Balaban J connectivity index is 2.61. The Hall–Kier alpha value is -2.05. The van der Waals surface area contributed by atoms with Crippen LogP contribution in [0.15, 0.2) is 33.6 Å². The molecule has 7 heteroatoms. The van der Waals surface area contributed by atoms with Gasteiger partial charge in [-0.2, -0.15) is 13.2 Å². The average Bonchev–Trinajstić information content (AvgIpc) is 2.64. The van der Waals surface area contributed by atoms with Crippen molar-refractivity contribution in [1.29, 1.82) is 0 Å². The van der Waals surface area contributed by atoms with Crippen LogP contribution < -0.4 is 5.76 Å². The van der Waals surface area contributed by atoms with E-state index in [2.05, 4.69) is 14.7 Å². The fourth-order valence-corrected chi connectivity index (χ4v) is 1.28. The molecule has 0 saturated heterocycles. The summed E-state index contributed by atoms with van der Waals surface area (Å²) in [4.78, 5) is 12.7. The summed E-state index contributed by atoms with van der Waals surface area (Å²) in [7, 11) is 0. The highest BCUT2D eigenvalue weighted by Crippen LogP contribution is 2.35. The van der Waals surface area contributed by atoms with Gasteiger partial charge in [0.2, 0.25) is 0 Å². The quantitative estimate of drug-likeness (QED) is 0.815. The first-order chi connectivity index (χ1) is 7.48. The van der Waals surface area contributed by atoms with Crippen LogP contribution in [0.5, 0.6) is 0 Å². The maximum atomic E-state index is 12.6. The second kappa shape index (κ2) is 3.51. The van der Waals surface area contributed by atoms with Gasteiger partial charge in [-0.05, 0) is 6.07 Å². The summed E-state index contributed by atoms with van der Waals surface area (Å²) >= 11 is 0. The Morgan fingerprint density at radius 1 is 1.25 bits per heavy atom. The van der Waals surface area contributed by atoms with Crippen LogP contribution in [0.2, 0.25) is 0 Å². The zero-order valence-corrected chi connectivity index (χ0v) is 7.71. The standard InChI is InChI=1S/C9H5F3N2O2/c10-9(11,12)6-4-2-1-3-5(6)7-13-8(15)16-14-7/h1-4H,(H,13,14,15). The minimum Gasteiger partial charge on any atom is -0.296 e. The van der Waals surface area contributed by atoms with Crippen LogP contribution in [0.25, 0.3) is 11.4 Å². The van der Waals surface area contributed by atoms with Crippen molar-refractivity contribution >= 4 is 0 Å². The molecule has 1 aromatic heterocycles. The Morgan fingerprint density at radius 3 is 2.50 bits per heavy atom. The third kappa shape index (κ3) is 1.83. The largest absolute Gasteiger partial charge is 0.439 e. The average molecular weight is 230 g/mol. The van der Waals surface area contributed by atoms with Gasteiger partial charge in [-0.25, -0.2) is 4.79 Å². The highest BCUT2D eigenvalue weighted by atomic mass is 19.4. The smallest absolute Gasteiger partial charge is 0.296 e. The molecule has 0 amide bonds. The van der Waals surface area contributed by atoms with Crippen LogP contribution in [-0.4, -0.2) is 10.1 Å². The van der Waals surface area contributed by atoms with Crippen molar-refractivity contribution in [1.82, 2.24) is 10.1 Å². The van der Waals surface area contributed by atoms with Crippen LogP contribution in [0, 0.1) is 0 Å². The highest BCUT2D eigenvalue weighted by molar-refractivity contribution is 5.60. The van der Waals surface area contributed by atoms with Crippen LogP contribution in [0.1, 0.15) is 5.56 Å². The Bertz CT molecular complexity index is 556. The van der Waals surface area contributed by atoms with Gasteiger partial charge in [-0.3, -0.25) is 9.51 Å². The van der Waals surface area contributed by atoms with Crippen molar-refractivity contribution in [2.75, 3.05) is 0 Å². The monoisotopic (exact) mass is 230 g/mol. The molecule has 0 saturated carbocycles. The first-order valence-electron chi connectivity index (χ1n) is 4.21. The molecule has 0 bridgehead atoms. The van der Waals surface area contributed by atoms with Crippen molar-refractivity contribution in [3.63, 3.8) is 0 Å². The van der Waals surface area contributed by atoms with E-state index in [9.17, 15) is 18.0 Å². The second-order valence-electron chi connectivity index (χ2n) is 2.99. The summed E-state index contributed by atoms with van der Waals surface area (Å²) in [6, 6.07) is 4.78. The minimum absolute atomic E-state index is 0.221. The number of nitrogens with zero attached hydrogens (tertiary/aromatic N) is 1. The number of rotatable bonds is 1. The number of hydrogen-bond donors (Lipinski definition) is 1. The van der Waals surface area contributed by atoms with Gasteiger partial charge in [0.25, 0.3) is 0 Å². The van der Waals surface area contributed by atoms with Crippen LogP contribution >= 0.6 is 0 Å². The molecule has 0 atom stereocenters. The number of nitrogens with one attached hydrogen (secondary N) is 1. The molecule has 0 aliphatic rings. The molecule has 0 radical (unpaired) electrons. The van der Waals surface area contributed by atoms with Crippen molar-refractivity contribution in [2.45, 2.75) is 6.18 Å². The van der Waals surface area contributed by atoms with Crippen LogP contribution in [0.4, 0.5) is 13.2 Å². The zero-order chi connectivity index (χ0) is 11.8. The van der Waals surface area contributed by atoms with Gasteiger partial charge in [0.05, 0.1) is 5.56 Å². The van der Waals surface area contributed by atoms with E-state index in [0.717, 1.165) is 6.07 Å². The van der Waals surface area contributed by atoms with Crippen molar-refractivity contribution in [3.8, 4) is 11.4 Å². The molecule has 0 fully saturated rings. The van der Waals surface area contributed by atoms with Gasteiger partial charge in [0, 0.05) is 5.56 Å². The van der Waals surface area contributed by atoms with Gasteiger partial charge >= 0.3 is 11.9 Å². The molecule has 2 aromatic rings. The third-order valence-electron chi connectivity index (χ3n) is 1.93. The molecule has 1 N–H and O–H groups in total. The van der Waals surface area contributed by atoms with Gasteiger partial charge in [0.15, 0.2) is 5.82 Å². The van der Waals surface area contributed by atoms with E-state index in [1.807, 2.05) is 0 Å². The molecule has 0 aliphatic heterocycles. The molecular weight excluding hydrogens is 225 g/mol. The lowest BCUT2D eigenvalue weighted by atomic mass is 10.1. The Labute approximate surface area is 86.7 Å². The Kier molecular flexibility index (Phi) is 2.30. The van der Waals surface area contributed by atoms with Crippen molar-refractivity contribution in [2.24, 2.45) is 0 Å². The summed E-state index contributed by atoms with van der Waals surface area (Å²) in [5.74, 6) is -1.13. The zero-order valence-electron chi connectivity index (χ0n) is 7.71. The van der Waals surface area contributed by atoms with E-state index in [4.69, 9.17) is 0 Å². The van der Waals surface area contributed by atoms with E-state index in [1.165, 1.54) is 18.2 Å². The van der Waals surface area contributed by atoms with Gasteiger partial charge in [-0.1, -0.05) is 23.4 Å². The van der Waals surface area contributed by atoms with E-state index < -0.39 is 17.5 Å². The summed E-state index contributed by atoms with van der Waals surface area (Å²) in [5, 5.41) is 3.22. The highest BCUT2D eigenvalue weighted by Gasteiger charge is 2.34. The maximum absolute atomic E-state index is 12.6. The number of halogens is 3. The fraction of sp³-hybridized carbons (Fsp3) is 0.111. The first-order valence-corrected chi connectivity index (χ1v) is 4.21. The van der Waals surface area contributed by atoms with E-state index in [1.54, 1.807) is 0 Å². The van der Waals surface area contributed by atoms with Gasteiger partial charge in [0.1, 0.15) is 0 Å². The molecule has 4 nitrogen and oxygen atoms in total. The molecule has 84 valence electrons. The number of alkyl halides is 3. The predicted molar refractivity (Wildman–Crippen MR) is 47.6 cm³/mol. The molecular formula is C9H5F3N2O2. The van der Waals surface area contributed by atoms with E-state index in [-0.39, 0.29) is 11.4 Å². The number of aromatic nitrogens is 2. The SMILES string of the molecule is O=c1[nH]c(-c2ccccc2C(F)(F)F)no1. The van der Waals surface area contributed by atoms with E-state index in [0.29, 0.717) is 0 Å². The number of benzene rings is 1. The summed E-state index contributed by atoms with van der Waals surface area (Å²) in [6.45, 7) is 0. The topological polar surface area (TPSA) is 58.9 Å². The predicted octanol–water partition coefficient (Wildman–Crippen LogP) is 2.05. The minimum atomic E-state index is -4.51. The molecule has 0 unspecified atom stereocenters. The maximum Gasteiger partial charge on any atom is 0.439 e. The molecule has 1 aromatic carbocycles. The Morgan fingerprint density at radius 2 is 1.94 bits per heavy atom. The molecule has 16 heavy (non-hydrogen) atoms. The number of hydrogen-bond acceptors (Lipinski definition) is 3. The third-order valence-corrected chi connectivity index (χ3v) is 1.93. The van der Waals surface area contributed by atoms with Crippen molar-refractivity contribution < 1.29 is 17.7 Å². The number of aromatic amines is 1. The lowest BCUT2D eigenvalue weighted by Crippen LogP contribution is -2.07. The first kappa shape index (κ1) is 10.5. The van der Waals surface area contributed by atoms with Gasteiger partial charge < -0.3 is 0 Å². The lowest BCUT2D eigenvalue weighted by Gasteiger charge is -2.09. The molecule has 0 spiro atoms. The molecule has 1 heterocycles.